The molecule has 0 saturated carbocycles. The van der Waals surface area contributed by atoms with Gasteiger partial charge in [0.05, 0.1) is 4.90 Å². The molecule has 0 heterocycles. The van der Waals surface area contributed by atoms with Gasteiger partial charge in [0, 0.05) is 24.3 Å². The molecule has 1 N–H and O–H groups in total. The highest BCUT2D eigenvalue weighted by Crippen LogP contribution is 2.24. The predicted molar refractivity (Wildman–Crippen MR) is 105 cm³/mol. The standard InChI is InChI=1S/C20H26N2O3S/c1-6-22(7-2)26(24,25)19-13-17(12-11-15(19)4)21-20(23)18-10-8-9-14(3)16(18)5/h8-13H,6-7H2,1-5H3,(H,21,23). The number of amides is 1. The third kappa shape index (κ3) is 3.97. The van der Waals surface area contributed by atoms with Crippen LogP contribution in [0.3, 0.4) is 0 Å². The lowest BCUT2D eigenvalue weighted by molar-refractivity contribution is 0.102. The minimum Gasteiger partial charge on any atom is -0.322 e. The Kier molecular flexibility index (Phi) is 6.21. The van der Waals surface area contributed by atoms with Gasteiger partial charge in [-0.15, -0.1) is 0 Å². The predicted octanol–water partition coefficient (Wildman–Crippen LogP) is 3.89. The number of rotatable bonds is 6. The lowest BCUT2D eigenvalue weighted by atomic mass is 10.0. The molecule has 0 fully saturated rings. The Morgan fingerprint density at radius 3 is 2.27 bits per heavy atom. The van der Waals surface area contributed by atoms with E-state index < -0.39 is 10.0 Å². The molecule has 6 heteroatoms. The molecule has 140 valence electrons. The Morgan fingerprint density at radius 1 is 1.00 bits per heavy atom. The van der Waals surface area contributed by atoms with Crippen LogP contribution in [-0.2, 0) is 10.0 Å². The van der Waals surface area contributed by atoms with E-state index in [9.17, 15) is 13.2 Å². The molecule has 2 aromatic carbocycles. The van der Waals surface area contributed by atoms with Crippen LogP contribution in [0.1, 0.15) is 40.9 Å². The van der Waals surface area contributed by atoms with Gasteiger partial charge in [-0.25, -0.2) is 8.42 Å². The summed E-state index contributed by atoms with van der Waals surface area (Å²) >= 11 is 0. The second-order valence-corrected chi connectivity index (χ2v) is 8.18. The van der Waals surface area contributed by atoms with Gasteiger partial charge in [0.1, 0.15) is 0 Å². The average Bonchev–Trinajstić information content (AvgIpc) is 2.59. The quantitative estimate of drug-likeness (QED) is 0.834. The molecule has 1 amide bonds. The van der Waals surface area contributed by atoms with Gasteiger partial charge < -0.3 is 5.32 Å². The fourth-order valence-electron chi connectivity index (χ4n) is 2.85. The summed E-state index contributed by atoms with van der Waals surface area (Å²) in [6, 6.07) is 10.5. The van der Waals surface area contributed by atoms with Crippen LogP contribution >= 0.6 is 0 Å². The molecule has 0 aromatic heterocycles. The van der Waals surface area contributed by atoms with Gasteiger partial charge in [-0.2, -0.15) is 4.31 Å². The summed E-state index contributed by atoms with van der Waals surface area (Å²) in [7, 11) is -3.59. The van der Waals surface area contributed by atoms with E-state index in [0.29, 0.717) is 29.9 Å². The van der Waals surface area contributed by atoms with Gasteiger partial charge in [0.15, 0.2) is 0 Å². The maximum atomic E-state index is 12.8. The Morgan fingerprint density at radius 2 is 1.65 bits per heavy atom. The van der Waals surface area contributed by atoms with E-state index in [1.807, 2.05) is 39.8 Å². The zero-order valence-electron chi connectivity index (χ0n) is 16.0. The normalized spacial score (nSPS) is 11.6. The van der Waals surface area contributed by atoms with Crippen molar-refractivity contribution in [2.75, 3.05) is 18.4 Å². The summed E-state index contributed by atoms with van der Waals surface area (Å²) in [4.78, 5) is 12.8. The maximum absolute atomic E-state index is 12.8. The number of anilines is 1. The molecule has 5 nitrogen and oxygen atoms in total. The number of benzene rings is 2. The first-order valence-electron chi connectivity index (χ1n) is 8.70. The second kappa shape index (κ2) is 8.01. The number of nitrogens with one attached hydrogen (secondary N) is 1. The van der Waals surface area contributed by atoms with Crippen molar-refractivity contribution < 1.29 is 13.2 Å². The third-order valence-corrected chi connectivity index (χ3v) is 6.81. The SMILES string of the molecule is CCN(CC)S(=O)(=O)c1cc(NC(=O)c2cccc(C)c2C)ccc1C. The van der Waals surface area contributed by atoms with Gasteiger partial charge in [-0.1, -0.05) is 32.0 Å². The zero-order chi connectivity index (χ0) is 19.5. The van der Waals surface area contributed by atoms with Crippen molar-refractivity contribution in [1.82, 2.24) is 4.31 Å². The Hall–Kier alpha value is -2.18. The number of sulfonamides is 1. The first-order valence-corrected chi connectivity index (χ1v) is 10.1. The van der Waals surface area contributed by atoms with E-state index in [0.717, 1.165) is 11.1 Å². The number of nitrogens with zero attached hydrogens (tertiary/aromatic N) is 1. The maximum Gasteiger partial charge on any atom is 0.255 e. The van der Waals surface area contributed by atoms with Crippen molar-refractivity contribution in [1.29, 1.82) is 0 Å². The van der Waals surface area contributed by atoms with Crippen LogP contribution in [0, 0.1) is 20.8 Å². The number of hydrogen-bond acceptors (Lipinski definition) is 3. The highest BCUT2D eigenvalue weighted by atomic mass is 32.2. The van der Waals surface area contributed by atoms with Crippen LogP contribution in [-0.4, -0.2) is 31.7 Å². The first kappa shape index (κ1) is 20.1. The van der Waals surface area contributed by atoms with Gasteiger partial charge in [-0.3, -0.25) is 4.79 Å². The van der Waals surface area contributed by atoms with Crippen LogP contribution in [0.25, 0.3) is 0 Å². The lowest BCUT2D eigenvalue weighted by Crippen LogP contribution is -2.31. The van der Waals surface area contributed by atoms with Gasteiger partial charge in [-0.05, 0) is 55.7 Å². The van der Waals surface area contributed by atoms with Crippen molar-refractivity contribution in [2.45, 2.75) is 39.5 Å². The Bertz CT molecular complexity index is 917. The summed E-state index contributed by atoms with van der Waals surface area (Å²) in [6.07, 6.45) is 0. The minimum absolute atomic E-state index is 0.222. The molecular formula is C20H26N2O3S. The molecule has 0 aliphatic carbocycles. The average molecular weight is 375 g/mol. The molecule has 0 spiro atoms. The molecule has 0 atom stereocenters. The summed E-state index contributed by atoms with van der Waals surface area (Å²) in [5.74, 6) is -0.249. The van der Waals surface area contributed by atoms with Crippen molar-refractivity contribution >= 4 is 21.6 Å². The largest absolute Gasteiger partial charge is 0.322 e. The van der Waals surface area contributed by atoms with Gasteiger partial charge >= 0.3 is 0 Å². The fraction of sp³-hybridized carbons (Fsp3) is 0.350. The summed E-state index contributed by atoms with van der Waals surface area (Å²) in [5, 5.41) is 2.82. The molecule has 0 bridgehead atoms. The summed E-state index contributed by atoms with van der Waals surface area (Å²) in [5.41, 5.74) is 3.65. The van der Waals surface area contributed by atoms with E-state index in [4.69, 9.17) is 0 Å². The highest BCUT2D eigenvalue weighted by molar-refractivity contribution is 7.89. The van der Waals surface area contributed by atoms with Crippen LogP contribution < -0.4 is 5.32 Å². The van der Waals surface area contributed by atoms with Crippen LogP contribution in [0.2, 0.25) is 0 Å². The lowest BCUT2D eigenvalue weighted by Gasteiger charge is -2.20. The zero-order valence-corrected chi connectivity index (χ0v) is 16.8. The number of hydrogen-bond donors (Lipinski definition) is 1. The smallest absolute Gasteiger partial charge is 0.255 e. The molecular weight excluding hydrogens is 348 g/mol. The molecule has 0 radical (unpaired) electrons. The van der Waals surface area contributed by atoms with E-state index in [1.165, 1.54) is 10.4 Å². The van der Waals surface area contributed by atoms with Crippen molar-refractivity contribution in [3.05, 3.63) is 58.7 Å². The van der Waals surface area contributed by atoms with Crippen LogP contribution in [0.15, 0.2) is 41.3 Å². The van der Waals surface area contributed by atoms with E-state index in [1.54, 1.807) is 25.1 Å². The minimum atomic E-state index is -3.59. The Balaban J connectivity index is 2.38. The molecule has 0 aliphatic rings. The molecule has 0 saturated heterocycles. The topological polar surface area (TPSA) is 66.5 Å². The Labute approximate surface area is 156 Å². The van der Waals surface area contributed by atoms with Crippen molar-refractivity contribution in [3.63, 3.8) is 0 Å². The van der Waals surface area contributed by atoms with Crippen LogP contribution in [0.4, 0.5) is 5.69 Å². The summed E-state index contributed by atoms with van der Waals surface area (Å²) < 4.78 is 27.1. The molecule has 0 aliphatic heterocycles. The monoisotopic (exact) mass is 374 g/mol. The molecule has 2 rings (SSSR count). The first-order chi connectivity index (χ1) is 12.2. The summed E-state index contributed by atoms with van der Waals surface area (Å²) in [6.45, 7) is 10.0. The number of carbonyl (C=O) groups is 1. The van der Waals surface area contributed by atoms with Crippen molar-refractivity contribution in [3.8, 4) is 0 Å². The van der Waals surface area contributed by atoms with E-state index in [-0.39, 0.29) is 10.8 Å². The van der Waals surface area contributed by atoms with E-state index in [2.05, 4.69) is 5.32 Å². The van der Waals surface area contributed by atoms with Gasteiger partial charge in [0.25, 0.3) is 5.91 Å². The molecule has 2 aromatic rings. The third-order valence-electron chi connectivity index (χ3n) is 4.62. The second-order valence-electron chi connectivity index (χ2n) is 6.27. The fourth-order valence-corrected chi connectivity index (χ4v) is 4.56. The highest BCUT2D eigenvalue weighted by Gasteiger charge is 2.24. The van der Waals surface area contributed by atoms with Gasteiger partial charge in [0.2, 0.25) is 10.0 Å². The van der Waals surface area contributed by atoms with Crippen LogP contribution in [0.5, 0.6) is 0 Å². The number of aryl methyl sites for hydroxylation is 2. The molecule has 0 unspecified atom stereocenters. The van der Waals surface area contributed by atoms with E-state index >= 15 is 0 Å². The number of carbonyl (C=O) groups excluding carboxylic acids is 1. The van der Waals surface area contributed by atoms with Crippen molar-refractivity contribution in [2.24, 2.45) is 0 Å². The molecule has 26 heavy (non-hydrogen) atoms.